The largest absolute Gasteiger partial charge is 1.00 e. The third kappa shape index (κ3) is 11.3. The van der Waals surface area contributed by atoms with E-state index in [1.54, 1.807) is 0 Å². The predicted molar refractivity (Wildman–Crippen MR) is 18.5 cm³/mol. The van der Waals surface area contributed by atoms with Crippen LogP contribution in [0.5, 0.6) is 0 Å². The van der Waals surface area contributed by atoms with E-state index >= 15 is 0 Å². The zero-order chi connectivity index (χ0) is 3.41. The van der Waals surface area contributed by atoms with E-state index in [0.29, 0.717) is 6.61 Å². The van der Waals surface area contributed by atoms with Crippen molar-refractivity contribution < 1.29 is 36.1 Å². The quantitative estimate of drug-likeness (QED) is 0.348. The summed E-state index contributed by atoms with van der Waals surface area (Å²) in [5, 5.41) is 7.88. The molecule has 5 heavy (non-hydrogen) atoms. The summed E-state index contributed by atoms with van der Waals surface area (Å²) in [6, 6.07) is 0. The zero-order valence-corrected chi connectivity index (χ0v) is 5.86. The first kappa shape index (κ1) is 9.35. The first-order chi connectivity index (χ1) is 1.91. The molecule has 0 radical (unpaired) electrons. The summed E-state index contributed by atoms with van der Waals surface area (Å²) in [4.78, 5) is 0. The van der Waals surface area contributed by atoms with Gasteiger partial charge in [-0.25, -0.2) is 0 Å². The van der Waals surface area contributed by atoms with Crippen molar-refractivity contribution in [1.82, 2.24) is 0 Å². The van der Waals surface area contributed by atoms with Crippen LogP contribution in [0.15, 0.2) is 0 Å². The third-order valence-electron chi connectivity index (χ3n) is 0.224. The van der Waals surface area contributed by atoms with Crippen LogP contribution in [0.25, 0.3) is 0 Å². The summed E-state index contributed by atoms with van der Waals surface area (Å²) in [6.07, 6.45) is 0.875. The van der Waals surface area contributed by atoms with Crippen molar-refractivity contribution in [3.63, 3.8) is 0 Å². The number of aliphatic hydroxyl groups excluding tert-OH is 1. The molecule has 0 saturated carbocycles. The molecule has 0 fully saturated rings. The Balaban J connectivity index is -0.0000000450. The van der Waals surface area contributed by atoms with Crippen molar-refractivity contribution in [2.24, 2.45) is 0 Å². The first-order valence-corrected chi connectivity index (χ1v) is 1.52. The van der Waals surface area contributed by atoms with E-state index in [4.69, 9.17) is 5.11 Å². The molecule has 0 aromatic carbocycles. The van der Waals surface area contributed by atoms with Crippen molar-refractivity contribution in [3.8, 4) is 0 Å². The molecular weight excluding hydrogens is 75.0 g/mol. The van der Waals surface area contributed by atoms with Gasteiger partial charge in [0.1, 0.15) is 0 Å². The summed E-state index contributed by atoms with van der Waals surface area (Å²) >= 11 is 0. The summed E-state index contributed by atoms with van der Waals surface area (Å²) in [5.74, 6) is 0. The van der Waals surface area contributed by atoms with Crippen molar-refractivity contribution in [2.45, 2.75) is 13.3 Å². The van der Waals surface area contributed by atoms with Gasteiger partial charge in [-0.15, -0.1) is 0 Å². The number of aliphatic hydroxyl groups is 1. The van der Waals surface area contributed by atoms with Gasteiger partial charge in [-0.1, -0.05) is 6.92 Å². The molecule has 0 aromatic heterocycles. The molecule has 0 saturated heterocycles. The molecule has 0 unspecified atom stereocenters. The topological polar surface area (TPSA) is 20.2 Å². The minimum atomic E-state index is 0. The van der Waals surface area contributed by atoms with Crippen LogP contribution in [0.1, 0.15) is 14.8 Å². The summed E-state index contributed by atoms with van der Waals surface area (Å²) in [5.41, 5.74) is 0. The third-order valence-corrected chi connectivity index (χ3v) is 0.224. The van der Waals surface area contributed by atoms with Crippen molar-refractivity contribution in [1.29, 1.82) is 0 Å². The molecule has 1 nitrogen and oxygen atoms in total. The van der Waals surface area contributed by atoms with E-state index < -0.39 is 0 Å². The molecule has 0 amide bonds. The van der Waals surface area contributed by atoms with Crippen LogP contribution in [-0.2, 0) is 0 Å². The van der Waals surface area contributed by atoms with Gasteiger partial charge in [0.05, 0.1) is 0 Å². The van der Waals surface area contributed by atoms with Gasteiger partial charge in [0.25, 0.3) is 0 Å². The SMILES string of the molecule is CCCO.[H-].[Na+]. The van der Waals surface area contributed by atoms with E-state index in [0.717, 1.165) is 6.42 Å². The first-order valence-electron chi connectivity index (χ1n) is 1.52. The molecule has 0 aliphatic heterocycles. The normalized spacial score (nSPS) is 6.00. The fraction of sp³-hybridized carbons (Fsp3) is 1.00. The van der Waals surface area contributed by atoms with Gasteiger partial charge in [-0.3, -0.25) is 0 Å². The molecule has 0 rings (SSSR count). The molecule has 0 aliphatic carbocycles. The Hall–Kier alpha value is 0.960. The summed E-state index contributed by atoms with van der Waals surface area (Å²) < 4.78 is 0. The summed E-state index contributed by atoms with van der Waals surface area (Å²) in [6.45, 7) is 2.25. The number of hydrogen-bond acceptors (Lipinski definition) is 1. The van der Waals surface area contributed by atoms with Crippen molar-refractivity contribution in [2.75, 3.05) is 6.61 Å². The van der Waals surface area contributed by atoms with E-state index in [1.165, 1.54) is 0 Å². The second kappa shape index (κ2) is 8.88. The number of hydrogen-bond donors (Lipinski definition) is 1. The standard InChI is InChI=1S/C3H8O.Na.H/c1-2-3-4;;/h4H,2-3H2,1H3;;/q;+1;-1. The fourth-order valence-corrected chi connectivity index (χ4v) is 0. The van der Waals surface area contributed by atoms with Crippen molar-refractivity contribution >= 4 is 0 Å². The van der Waals surface area contributed by atoms with Crippen LogP contribution in [-0.4, -0.2) is 11.7 Å². The maximum Gasteiger partial charge on any atom is 1.00 e. The van der Waals surface area contributed by atoms with Crippen LogP contribution < -0.4 is 29.6 Å². The zero-order valence-electron chi connectivity index (χ0n) is 4.86. The van der Waals surface area contributed by atoms with Crippen LogP contribution >= 0.6 is 0 Å². The predicted octanol–water partition coefficient (Wildman–Crippen LogP) is -2.49. The van der Waals surface area contributed by atoms with Crippen LogP contribution in [0.3, 0.4) is 0 Å². The molecule has 0 aromatic rings. The molecule has 0 bridgehead atoms. The molecule has 0 aliphatic rings. The van der Waals surface area contributed by atoms with Gasteiger partial charge in [-0.2, -0.15) is 0 Å². The van der Waals surface area contributed by atoms with Crippen molar-refractivity contribution in [3.05, 3.63) is 0 Å². The Kier molecular flexibility index (Phi) is 16.6. The monoisotopic (exact) mass is 84.1 g/mol. The van der Waals surface area contributed by atoms with Gasteiger partial charge in [-0.05, 0) is 6.42 Å². The molecular formula is C3H9NaO. The van der Waals surface area contributed by atoms with Crippen LogP contribution in [0, 0.1) is 0 Å². The maximum atomic E-state index is 7.88. The van der Waals surface area contributed by atoms with Crippen LogP contribution in [0.4, 0.5) is 0 Å². The van der Waals surface area contributed by atoms with Gasteiger partial charge >= 0.3 is 29.6 Å². The van der Waals surface area contributed by atoms with E-state index in [-0.39, 0.29) is 31.0 Å². The van der Waals surface area contributed by atoms with Crippen LogP contribution in [0.2, 0.25) is 0 Å². The Morgan fingerprint density at radius 3 is 2.00 bits per heavy atom. The minimum Gasteiger partial charge on any atom is -1.00 e. The molecule has 1 N–H and O–H groups in total. The second-order valence-electron chi connectivity index (χ2n) is 0.724. The van der Waals surface area contributed by atoms with E-state index in [1.807, 2.05) is 6.92 Å². The molecule has 0 heterocycles. The maximum absolute atomic E-state index is 7.88. The number of rotatable bonds is 1. The smallest absolute Gasteiger partial charge is 1.00 e. The Morgan fingerprint density at radius 1 is 1.80 bits per heavy atom. The Morgan fingerprint density at radius 2 is 2.00 bits per heavy atom. The van der Waals surface area contributed by atoms with Gasteiger partial charge < -0.3 is 6.53 Å². The van der Waals surface area contributed by atoms with E-state index in [9.17, 15) is 0 Å². The second-order valence-corrected chi connectivity index (χ2v) is 0.724. The Labute approximate surface area is 56.2 Å². The van der Waals surface area contributed by atoms with Gasteiger partial charge in [0, 0.05) is 6.61 Å². The molecule has 0 atom stereocenters. The molecule has 28 valence electrons. The average Bonchev–Trinajstić information content (AvgIpc) is 1.37. The Bertz CT molecular complexity index is 12.8. The fourth-order valence-electron chi connectivity index (χ4n) is 0. The average molecular weight is 84.1 g/mol. The van der Waals surface area contributed by atoms with Gasteiger partial charge in [0.2, 0.25) is 0 Å². The molecule has 0 spiro atoms. The summed E-state index contributed by atoms with van der Waals surface area (Å²) in [7, 11) is 0. The van der Waals surface area contributed by atoms with E-state index in [2.05, 4.69) is 0 Å². The molecule has 2 heteroatoms. The van der Waals surface area contributed by atoms with Gasteiger partial charge in [0.15, 0.2) is 0 Å². The minimum absolute atomic E-state index is 0.